The van der Waals surface area contributed by atoms with Gasteiger partial charge in [-0.25, -0.2) is 4.79 Å². The van der Waals surface area contributed by atoms with Crippen LogP contribution in [0.5, 0.6) is 0 Å². The maximum absolute atomic E-state index is 12.3. The normalized spacial score (nSPS) is 14.0. The molecule has 0 unspecified atom stereocenters. The molecule has 2 amide bonds. The second-order valence-electron chi connectivity index (χ2n) is 6.12. The number of hydrogen-bond donors (Lipinski definition) is 1. The highest BCUT2D eigenvalue weighted by Gasteiger charge is 2.21. The number of nitrogens with zero attached hydrogens (tertiary/aromatic N) is 2. The lowest BCUT2D eigenvalue weighted by Gasteiger charge is -2.36. The smallest absolute Gasteiger partial charge is 0.407 e. The highest BCUT2D eigenvalue weighted by molar-refractivity contribution is 5.82. The Hall–Kier alpha value is -3.02. The molecule has 6 heteroatoms. The number of ether oxygens (including phenoxy) is 1. The molecule has 1 aliphatic rings. The zero-order chi connectivity index (χ0) is 18.2. The number of alkyl carbamates (subject to hydrolysis) is 1. The Balaban J connectivity index is 1.37. The van der Waals surface area contributed by atoms with Gasteiger partial charge >= 0.3 is 6.09 Å². The van der Waals surface area contributed by atoms with Crippen molar-refractivity contribution in [2.75, 3.05) is 37.6 Å². The van der Waals surface area contributed by atoms with Crippen LogP contribution in [-0.4, -0.2) is 49.6 Å². The Morgan fingerprint density at radius 3 is 2.15 bits per heavy atom. The average Bonchev–Trinajstić information content (AvgIpc) is 2.72. The summed E-state index contributed by atoms with van der Waals surface area (Å²) in [6.45, 7) is 3.01. The van der Waals surface area contributed by atoms with Crippen molar-refractivity contribution in [3.8, 4) is 0 Å². The molecule has 0 saturated carbocycles. The molecule has 0 bridgehead atoms. The molecule has 1 saturated heterocycles. The molecule has 0 aliphatic carbocycles. The molecule has 3 rings (SSSR count). The van der Waals surface area contributed by atoms with Crippen molar-refractivity contribution in [3.05, 3.63) is 66.2 Å². The zero-order valence-corrected chi connectivity index (χ0v) is 14.6. The molecule has 0 radical (unpaired) electrons. The Morgan fingerprint density at radius 1 is 0.885 bits per heavy atom. The number of benzene rings is 2. The second kappa shape index (κ2) is 8.89. The van der Waals surface area contributed by atoms with E-state index in [9.17, 15) is 9.59 Å². The fourth-order valence-electron chi connectivity index (χ4n) is 2.89. The Labute approximate surface area is 153 Å². The van der Waals surface area contributed by atoms with Crippen LogP contribution in [0.25, 0.3) is 0 Å². The van der Waals surface area contributed by atoms with Gasteiger partial charge < -0.3 is 19.9 Å². The number of anilines is 1. The number of hydrogen-bond acceptors (Lipinski definition) is 4. The van der Waals surface area contributed by atoms with E-state index in [1.54, 1.807) is 4.90 Å². The van der Waals surface area contributed by atoms with Crippen LogP contribution in [0.15, 0.2) is 60.7 Å². The van der Waals surface area contributed by atoms with Gasteiger partial charge in [0.2, 0.25) is 5.91 Å². The van der Waals surface area contributed by atoms with Gasteiger partial charge in [-0.3, -0.25) is 4.79 Å². The van der Waals surface area contributed by atoms with E-state index in [2.05, 4.69) is 22.3 Å². The molecule has 1 fully saturated rings. The fraction of sp³-hybridized carbons (Fsp3) is 0.300. The van der Waals surface area contributed by atoms with Crippen LogP contribution >= 0.6 is 0 Å². The number of piperazine rings is 1. The van der Waals surface area contributed by atoms with Crippen LogP contribution in [0, 0.1) is 0 Å². The van der Waals surface area contributed by atoms with E-state index in [-0.39, 0.29) is 19.1 Å². The van der Waals surface area contributed by atoms with Gasteiger partial charge in [-0.15, -0.1) is 0 Å². The van der Waals surface area contributed by atoms with E-state index in [1.165, 1.54) is 5.69 Å². The monoisotopic (exact) mass is 353 g/mol. The van der Waals surface area contributed by atoms with Crippen LogP contribution in [-0.2, 0) is 16.1 Å². The Kier molecular flexibility index (Phi) is 6.09. The molecule has 2 aromatic rings. The lowest BCUT2D eigenvalue weighted by molar-refractivity contribution is -0.130. The average molecular weight is 353 g/mol. The molecular formula is C20H23N3O3. The summed E-state index contributed by atoms with van der Waals surface area (Å²) in [5, 5.41) is 2.53. The summed E-state index contributed by atoms with van der Waals surface area (Å²) in [4.78, 5) is 28.0. The predicted molar refractivity (Wildman–Crippen MR) is 99.9 cm³/mol. The van der Waals surface area contributed by atoms with Crippen molar-refractivity contribution >= 4 is 17.7 Å². The van der Waals surface area contributed by atoms with Crippen LogP contribution in [0.4, 0.5) is 10.5 Å². The first-order valence-corrected chi connectivity index (χ1v) is 8.75. The largest absolute Gasteiger partial charge is 0.445 e. The summed E-state index contributed by atoms with van der Waals surface area (Å²) in [5.41, 5.74) is 2.08. The molecule has 6 nitrogen and oxygen atoms in total. The van der Waals surface area contributed by atoms with E-state index < -0.39 is 6.09 Å². The molecule has 26 heavy (non-hydrogen) atoms. The van der Waals surface area contributed by atoms with E-state index in [1.807, 2.05) is 48.5 Å². The zero-order valence-electron chi connectivity index (χ0n) is 14.6. The van der Waals surface area contributed by atoms with Crippen molar-refractivity contribution in [2.45, 2.75) is 6.61 Å². The van der Waals surface area contributed by atoms with Gasteiger partial charge in [0.15, 0.2) is 0 Å². The van der Waals surface area contributed by atoms with E-state index in [0.717, 1.165) is 18.7 Å². The summed E-state index contributed by atoms with van der Waals surface area (Å²) >= 11 is 0. The Bertz CT molecular complexity index is 714. The lowest BCUT2D eigenvalue weighted by atomic mass is 10.2. The minimum absolute atomic E-state index is 0.0427. The van der Waals surface area contributed by atoms with Crippen LogP contribution in [0.3, 0.4) is 0 Å². The predicted octanol–water partition coefficient (Wildman–Crippen LogP) is 2.26. The highest BCUT2D eigenvalue weighted by Crippen LogP contribution is 2.15. The summed E-state index contributed by atoms with van der Waals surface area (Å²) in [6.07, 6.45) is -0.579. The molecule has 1 heterocycles. The fourth-order valence-corrected chi connectivity index (χ4v) is 2.89. The third-order valence-electron chi connectivity index (χ3n) is 4.35. The second-order valence-corrected chi connectivity index (χ2v) is 6.12. The van der Waals surface area contributed by atoms with Crippen molar-refractivity contribution in [1.29, 1.82) is 0 Å². The molecule has 1 N–H and O–H groups in total. The molecule has 0 atom stereocenters. The third kappa shape index (κ3) is 4.99. The molecule has 0 spiro atoms. The van der Waals surface area contributed by atoms with Crippen molar-refractivity contribution in [3.63, 3.8) is 0 Å². The number of amides is 2. The third-order valence-corrected chi connectivity index (χ3v) is 4.35. The summed E-state index contributed by atoms with van der Waals surface area (Å²) in [7, 11) is 0. The highest BCUT2D eigenvalue weighted by atomic mass is 16.5. The quantitative estimate of drug-likeness (QED) is 0.896. The van der Waals surface area contributed by atoms with E-state index >= 15 is 0 Å². The number of carbonyl (C=O) groups excluding carboxylic acids is 2. The standard InChI is InChI=1S/C20H23N3O3/c24-19(15-21-20(25)26-16-17-7-3-1-4-8-17)23-13-11-22(12-14-23)18-9-5-2-6-10-18/h1-10H,11-16H2,(H,21,25). The first-order valence-electron chi connectivity index (χ1n) is 8.75. The van der Waals surface area contributed by atoms with Crippen molar-refractivity contribution < 1.29 is 14.3 Å². The van der Waals surface area contributed by atoms with Crippen molar-refractivity contribution in [2.24, 2.45) is 0 Å². The summed E-state index contributed by atoms with van der Waals surface area (Å²) < 4.78 is 5.11. The van der Waals surface area contributed by atoms with Gasteiger partial charge in [-0.1, -0.05) is 48.5 Å². The van der Waals surface area contributed by atoms with Crippen LogP contribution in [0.1, 0.15) is 5.56 Å². The number of rotatable bonds is 5. The van der Waals surface area contributed by atoms with Crippen LogP contribution < -0.4 is 10.2 Å². The number of nitrogens with one attached hydrogen (secondary N) is 1. The molecule has 136 valence electrons. The van der Waals surface area contributed by atoms with Crippen LogP contribution in [0.2, 0.25) is 0 Å². The van der Waals surface area contributed by atoms with E-state index in [0.29, 0.717) is 13.1 Å². The number of para-hydroxylation sites is 1. The van der Waals surface area contributed by atoms with Gasteiger partial charge in [-0.05, 0) is 17.7 Å². The van der Waals surface area contributed by atoms with Gasteiger partial charge in [0.05, 0.1) is 0 Å². The number of carbonyl (C=O) groups is 2. The molecule has 1 aliphatic heterocycles. The van der Waals surface area contributed by atoms with Crippen molar-refractivity contribution in [1.82, 2.24) is 10.2 Å². The molecule has 0 aromatic heterocycles. The first kappa shape index (κ1) is 17.8. The molecular weight excluding hydrogens is 330 g/mol. The topological polar surface area (TPSA) is 61.9 Å². The van der Waals surface area contributed by atoms with Gasteiger partial charge in [0.1, 0.15) is 13.2 Å². The first-order chi connectivity index (χ1) is 12.7. The summed E-state index contributed by atoms with van der Waals surface area (Å²) in [5.74, 6) is -0.0885. The maximum atomic E-state index is 12.3. The maximum Gasteiger partial charge on any atom is 0.407 e. The van der Waals surface area contributed by atoms with Gasteiger partial charge in [-0.2, -0.15) is 0 Å². The minimum atomic E-state index is -0.579. The summed E-state index contributed by atoms with van der Waals surface area (Å²) in [6, 6.07) is 19.6. The Morgan fingerprint density at radius 2 is 1.50 bits per heavy atom. The molecule has 2 aromatic carbocycles. The van der Waals surface area contributed by atoms with E-state index in [4.69, 9.17) is 4.74 Å². The van der Waals surface area contributed by atoms with Gasteiger partial charge in [0.25, 0.3) is 0 Å². The minimum Gasteiger partial charge on any atom is -0.445 e. The van der Waals surface area contributed by atoms with Gasteiger partial charge in [0, 0.05) is 31.9 Å². The lowest BCUT2D eigenvalue weighted by Crippen LogP contribution is -2.51. The SMILES string of the molecule is O=C(NCC(=O)N1CCN(c2ccccc2)CC1)OCc1ccccc1.